The number of hydrogen-bond donors (Lipinski definition) is 3. The molecular formula is C11H20N2O5. The topological polar surface area (TPSA) is 119 Å². The Morgan fingerprint density at radius 3 is 2.33 bits per heavy atom. The van der Waals surface area contributed by atoms with Crippen LogP contribution in [0.3, 0.4) is 0 Å². The summed E-state index contributed by atoms with van der Waals surface area (Å²) in [4.78, 5) is 32.9. The molecule has 7 nitrogen and oxygen atoms in total. The standard InChI is InChI=1S/C11H20N2O5/c1-11(2,3)18-9(16)4-5-13-10(17)7(12)6-8(14)15/h7H,4-6,12H2,1-3H3,(H,13,17)(H,14,15)/t7-/m1/s1. The van der Waals surface area contributed by atoms with E-state index in [1.807, 2.05) is 0 Å². The Labute approximate surface area is 106 Å². The Kier molecular flexibility index (Phi) is 6.32. The lowest BCUT2D eigenvalue weighted by Gasteiger charge is -2.19. The molecule has 0 unspecified atom stereocenters. The first-order valence-corrected chi connectivity index (χ1v) is 5.59. The predicted octanol–water partition coefficient (Wildman–Crippen LogP) is -0.364. The number of carboxylic acids is 1. The zero-order chi connectivity index (χ0) is 14.3. The third-order valence-electron chi connectivity index (χ3n) is 1.78. The van der Waals surface area contributed by atoms with E-state index in [1.165, 1.54) is 0 Å². The molecule has 1 atom stereocenters. The SMILES string of the molecule is CC(C)(C)OC(=O)CCNC(=O)[C@H](N)CC(=O)O. The van der Waals surface area contributed by atoms with Crippen LogP contribution in [0.1, 0.15) is 33.6 Å². The van der Waals surface area contributed by atoms with Crippen molar-refractivity contribution in [3.63, 3.8) is 0 Å². The number of aliphatic carboxylic acids is 1. The van der Waals surface area contributed by atoms with E-state index in [-0.39, 0.29) is 13.0 Å². The van der Waals surface area contributed by atoms with Crippen LogP contribution in [0, 0.1) is 0 Å². The molecule has 0 saturated carbocycles. The third kappa shape index (κ3) is 8.51. The van der Waals surface area contributed by atoms with Crippen LogP contribution in [0.2, 0.25) is 0 Å². The molecule has 0 fully saturated rings. The van der Waals surface area contributed by atoms with Crippen molar-refractivity contribution < 1.29 is 24.2 Å². The van der Waals surface area contributed by atoms with Crippen molar-refractivity contribution in [2.24, 2.45) is 5.73 Å². The van der Waals surface area contributed by atoms with Crippen LogP contribution in [0.5, 0.6) is 0 Å². The smallest absolute Gasteiger partial charge is 0.308 e. The second-order valence-electron chi connectivity index (χ2n) is 4.83. The number of carbonyl (C=O) groups excluding carboxylic acids is 2. The highest BCUT2D eigenvalue weighted by Gasteiger charge is 2.18. The van der Waals surface area contributed by atoms with Gasteiger partial charge in [0.25, 0.3) is 0 Å². The summed E-state index contributed by atoms with van der Waals surface area (Å²) in [5.41, 5.74) is 4.76. The quantitative estimate of drug-likeness (QED) is 0.561. The highest BCUT2D eigenvalue weighted by Crippen LogP contribution is 2.07. The van der Waals surface area contributed by atoms with Gasteiger partial charge in [0.15, 0.2) is 0 Å². The molecular weight excluding hydrogens is 240 g/mol. The van der Waals surface area contributed by atoms with Gasteiger partial charge in [-0.05, 0) is 20.8 Å². The summed E-state index contributed by atoms with van der Waals surface area (Å²) in [5.74, 6) is -2.18. The van der Waals surface area contributed by atoms with E-state index in [9.17, 15) is 14.4 Å². The maximum atomic E-state index is 11.3. The highest BCUT2D eigenvalue weighted by atomic mass is 16.6. The normalized spacial score (nSPS) is 12.7. The van der Waals surface area contributed by atoms with Crippen molar-refractivity contribution in [2.45, 2.75) is 45.3 Å². The number of ether oxygens (including phenoxy) is 1. The fraction of sp³-hybridized carbons (Fsp3) is 0.727. The predicted molar refractivity (Wildman–Crippen MR) is 63.7 cm³/mol. The number of nitrogens with one attached hydrogen (secondary N) is 1. The molecule has 4 N–H and O–H groups in total. The molecule has 0 spiro atoms. The molecule has 0 rings (SSSR count). The van der Waals surface area contributed by atoms with Gasteiger partial charge in [-0.2, -0.15) is 0 Å². The summed E-state index contributed by atoms with van der Waals surface area (Å²) in [6.07, 6.45) is -0.429. The molecule has 18 heavy (non-hydrogen) atoms. The summed E-state index contributed by atoms with van der Waals surface area (Å²) in [6.45, 7) is 5.30. The van der Waals surface area contributed by atoms with Gasteiger partial charge in [-0.3, -0.25) is 14.4 Å². The van der Waals surface area contributed by atoms with Gasteiger partial charge in [0, 0.05) is 6.54 Å². The second-order valence-corrected chi connectivity index (χ2v) is 4.83. The van der Waals surface area contributed by atoms with Gasteiger partial charge < -0.3 is 20.9 Å². The molecule has 0 aromatic heterocycles. The van der Waals surface area contributed by atoms with Gasteiger partial charge >= 0.3 is 11.9 Å². The van der Waals surface area contributed by atoms with E-state index in [2.05, 4.69) is 5.32 Å². The first-order valence-electron chi connectivity index (χ1n) is 5.59. The number of nitrogens with two attached hydrogens (primary N) is 1. The minimum absolute atomic E-state index is 0.0167. The first kappa shape index (κ1) is 16.4. The molecule has 0 aromatic carbocycles. The van der Waals surface area contributed by atoms with Gasteiger partial charge in [-0.25, -0.2) is 0 Å². The lowest BCUT2D eigenvalue weighted by Crippen LogP contribution is -2.42. The molecule has 0 aliphatic rings. The molecule has 0 aromatic rings. The molecule has 0 heterocycles. The van der Waals surface area contributed by atoms with E-state index >= 15 is 0 Å². The molecule has 1 amide bonds. The molecule has 0 aliphatic carbocycles. The Morgan fingerprint density at radius 2 is 1.89 bits per heavy atom. The first-order chi connectivity index (χ1) is 8.11. The maximum Gasteiger partial charge on any atom is 0.308 e. The summed E-state index contributed by atoms with van der Waals surface area (Å²) in [6, 6.07) is -1.11. The van der Waals surface area contributed by atoms with Crippen molar-refractivity contribution in [3.05, 3.63) is 0 Å². The highest BCUT2D eigenvalue weighted by molar-refractivity contribution is 5.86. The number of esters is 1. The van der Waals surface area contributed by atoms with Crippen molar-refractivity contribution in [1.29, 1.82) is 0 Å². The van der Waals surface area contributed by atoms with Crippen LogP contribution in [0.25, 0.3) is 0 Å². The molecule has 7 heteroatoms. The van der Waals surface area contributed by atoms with Crippen molar-refractivity contribution in [1.82, 2.24) is 5.32 Å². The number of amides is 1. The zero-order valence-corrected chi connectivity index (χ0v) is 10.9. The van der Waals surface area contributed by atoms with Crippen LogP contribution in [0.15, 0.2) is 0 Å². The van der Waals surface area contributed by atoms with Crippen molar-refractivity contribution in [2.75, 3.05) is 6.54 Å². The fourth-order valence-electron chi connectivity index (χ4n) is 1.09. The lowest BCUT2D eigenvalue weighted by molar-refractivity contribution is -0.154. The van der Waals surface area contributed by atoms with E-state index in [1.54, 1.807) is 20.8 Å². The Bertz CT molecular complexity index is 322. The molecule has 0 saturated heterocycles. The lowest BCUT2D eigenvalue weighted by atomic mass is 10.2. The van der Waals surface area contributed by atoms with Crippen LogP contribution in [0.4, 0.5) is 0 Å². The zero-order valence-electron chi connectivity index (χ0n) is 10.9. The molecule has 104 valence electrons. The number of rotatable bonds is 6. The molecule has 0 radical (unpaired) electrons. The molecule has 0 aliphatic heterocycles. The Balaban J connectivity index is 3.87. The van der Waals surface area contributed by atoms with E-state index in [4.69, 9.17) is 15.6 Å². The van der Waals surface area contributed by atoms with E-state index < -0.39 is 35.9 Å². The second kappa shape index (κ2) is 6.95. The van der Waals surface area contributed by atoms with Crippen LogP contribution < -0.4 is 11.1 Å². The summed E-state index contributed by atoms with van der Waals surface area (Å²) in [5, 5.41) is 10.8. The number of carbonyl (C=O) groups is 3. The van der Waals surface area contributed by atoms with Crippen LogP contribution in [-0.2, 0) is 19.1 Å². The number of carboxylic acid groups (broad SMARTS) is 1. The van der Waals surface area contributed by atoms with Crippen molar-refractivity contribution >= 4 is 17.8 Å². The summed E-state index contributed by atoms with van der Waals surface area (Å²) >= 11 is 0. The van der Waals surface area contributed by atoms with Gasteiger partial charge in [-0.15, -0.1) is 0 Å². The van der Waals surface area contributed by atoms with Crippen LogP contribution >= 0.6 is 0 Å². The Morgan fingerprint density at radius 1 is 1.33 bits per heavy atom. The third-order valence-corrected chi connectivity index (χ3v) is 1.78. The summed E-state index contributed by atoms with van der Waals surface area (Å²) < 4.78 is 5.03. The monoisotopic (exact) mass is 260 g/mol. The van der Waals surface area contributed by atoms with Crippen LogP contribution in [-0.4, -0.2) is 41.1 Å². The minimum Gasteiger partial charge on any atom is -0.481 e. The van der Waals surface area contributed by atoms with Gasteiger partial charge in [0.1, 0.15) is 5.60 Å². The van der Waals surface area contributed by atoms with E-state index in [0.29, 0.717) is 0 Å². The minimum atomic E-state index is -1.15. The van der Waals surface area contributed by atoms with Gasteiger partial charge in [0.05, 0.1) is 18.9 Å². The van der Waals surface area contributed by atoms with E-state index in [0.717, 1.165) is 0 Å². The average molecular weight is 260 g/mol. The largest absolute Gasteiger partial charge is 0.481 e. The number of hydrogen-bond acceptors (Lipinski definition) is 5. The Hall–Kier alpha value is -1.63. The maximum absolute atomic E-state index is 11.3. The van der Waals surface area contributed by atoms with Gasteiger partial charge in [-0.1, -0.05) is 0 Å². The molecule has 0 bridgehead atoms. The van der Waals surface area contributed by atoms with Gasteiger partial charge in [0.2, 0.25) is 5.91 Å². The fourth-order valence-corrected chi connectivity index (χ4v) is 1.09. The van der Waals surface area contributed by atoms with Crippen molar-refractivity contribution in [3.8, 4) is 0 Å². The summed E-state index contributed by atoms with van der Waals surface area (Å²) in [7, 11) is 0. The average Bonchev–Trinajstić information content (AvgIpc) is 2.13.